The van der Waals surface area contributed by atoms with Gasteiger partial charge in [-0.1, -0.05) is 17.7 Å². The zero-order valence-electron chi connectivity index (χ0n) is 19.4. The molecule has 0 unspecified atom stereocenters. The normalized spacial score (nSPS) is 21.6. The molecule has 2 aliphatic rings. The Bertz CT molecular complexity index is 1160. The smallest absolute Gasteiger partial charge is 0.407 e. The van der Waals surface area contributed by atoms with Gasteiger partial charge in [0.15, 0.2) is 0 Å². The van der Waals surface area contributed by atoms with Gasteiger partial charge in [0.2, 0.25) is 0 Å². The maximum atomic E-state index is 14.2. The second-order valence-electron chi connectivity index (χ2n) is 9.91. The van der Waals surface area contributed by atoms with Crippen LogP contribution in [0.15, 0.2) is 36.4 Å². The van der Waals surface area contributed by atoms with E-state index in [1.807, 2.05) is 25.7 Å². The van der Waals surface area contributed by atoms with E-state index < -0.39 is 17.5 Å². The number of hydrogen-bond acceptors (Lipinski definition) is 4. The number of carbonyl (C=O) groups is 2. The molecule has 1 N–H and O–H groups in total. The lowest BCUT2D eigenvalue weighted by Gasteiger charge is -2.39. The maximum absolute atomic E-state index is 14.2. The van der Waals surface area contributed by atoms with E-state index in [4.69, 9.17) is 21.6 Å². The number of amides is 2. The number of hydrogen-bond donors (Lipinski definition) is 1. The first-order valence-electron chi connectivity index (χ1n) is 11.4. The average Bonchev–Trinajstić information content (AvgIpc) is 3.02. The lowest BCUT2D eigenvalue weighted by Crippen LogP contribution is -2.53. The van der Waals surface area contributed by atoms with Crippen molar-refractivity contribution in [1.29, 1.82) is 5.26 Å². The quantitative estimate of drug-likeness (QED) is 0.609. The fourth-order valence-electron chi connectivity index (χ4n) is 4.90. The number of carbonyl (C=O) groups excluding carboxylic acids is 2. The highest BCUT2D eigenvalue weighted by atomic mass is 35.5. The van der Waals surface area contributed by atoms with Crippen LogP contribution in [0.1, 0.15) is 62.4 Å². The van der Waals surface area contributed by atoms with Gasteiger partial charge in [0.05, 0.1) is 5.56 Å². The molecule has 2 fully saturated rings. The summed E-state index contributed by atoms with van der Waals surface area (Å²) in [4.78, 5) is 27.6. The lowest BCUT2D eigenvalue weighted by atomic mass is 9.95. The molecular formula is C26H27ClFN3O3. The number of nitrogens with one attached hydrogen (secondary N) is 1. The summed E-state index contributed by atoms with van der Waals surface area (Å²) in [7, 11) is 0. The predicted octanol–water partition coefficient (Wildman–Crippen LogP) is 5.68. The van der Waals surface area contributed by atoms with Crippen molar-refractivity contribution in [2.24, 2.45) is 0 Å². The summed E-state index contributed by atoms with van der Waals surface area (Å²) in [6, 6.07) is 11.1. The van der Waals surface area contributed by atoms with Gasteiger partial charge in [-0.2, -0.15) is 5.26 Å². The predicted molar refractivity (Wildman–Crippen MR) is 127 cm³/mol. The first kappa shape index (κ1) is 24.0. The van der Waals surface area contributed by atoms with Crippen molar-refractivity contribution >= 4 is 23.6 Å². The fourth-order valence-corrected chi connectivity index (χ4v) is 5.13. The molecule has 2 saturated heterocycles. The summed E-state index contributed by atoms with van der Waals surface area (Å²) in [5.74, 6) is -0.736. The number of alkyl carbamates (subject to hydrolysis) is 1. The van der Waals surface area contributed by atoms with Gasteiger partial charge in [0, 0.05) is 34.3 Å². The van der Waals surface area contributed by atoms with Crippen molar-refractivity contribution in [2.75, 3.05) is 0 Å². The highest BCUT2D eigenvalue weighted by Gasteiger charge is 2.44. The van der Waals surface area contributed by atoms with Crippen LogP contribution in [0, 0.1) is 17.1 Å². The molecule has 3 atom stereocenters. The van der Waals surface area contributed by atoms with Crippen LogP contribution in [0.25, 0.3) is 11.1 Å². The molecule has 8 heteroatoms. The first-order valence-corrected chi connectivity index (χ1v) is 11.8. The average molecular weight is 484 g/mol. The number of nitrogens with zero attached hydrogens (tertiary/aromatic N) is 2. The molecule has 178 valence electrons. The van der Waals surface area contributed by atoms with Gasteiger partial charge in [-0.3, -0.25) is 4.79 Å². The zero-order valence-corrected chi connectivity index (χ0v) is 20.2. The van der Waals surface area contributed by atoms with Gasteiger partial charge in [-0.25, -0.2) is 9.18 Å². The van der Waals surface area contributed by atoms with Gasteiger partial charge in [-0.05, 0) is 82.3 Å². The van der Waals surface area contributed by atoms with Crippen molar-refractivity contribution in [2.45, 2.75) is 70.2 Å². The van der Waals surface area contributed by atoms with Crippen LogP contribution in [0.3, 0.4) is 0 Å². The minimum atomic E-state index is -0.634. The summed E-state index contributed by atoms with van der Waals surface area (Å²) in [6.45, 7) is 5.47. The van der Waals surface area contributed by atoms with E-state index in [1.54, 1.807) is 30.3 Å². The van der Waals surface area contributed by atoms with E-state index in [9.17, 15) is 14.0 Å². The molecule has 2 aromatic rings. The first-order chi connectivity index (χ1) is 16.1. The fraction of sp³-hybridized carbons (Fsp3) is 0.423. The molecule has 2 aliphatic heterocycles. The van der Waals surface area contributed by atoms with Crippen LogP contribution in [-0.4, -0.2) is 40.6 Å². The number of ether oxygens (including phenoxy) is 1. The van der Waals surface area contributed by atoms with Crippen molar-refractivity contribution in [3.63, 3.8) is 0 Å². The van der Waals surface area contributed by atoms with Crippen LogP contribution in [0.5, 0.6) is 0 Å². The molecule has 0 aromatic heterocycles. The maximum Gasteiger partial charge on any atom is 0.407 e. The summed E-state index contributed by atoms with van der Waals surface area (Å²) < 4.78 is 19.5. The van der Waals surface area contributed by atoms with E-state index >= 15 is 0 Å². The molecule has 34 heavy (non-hydrogen) atoms. The van der Waals surface area contributed by atoms with E-state index in [2.05, 4.69) is 5.32 Å². The minimum Gasteiger partial charge on any atom is -0.444 e. The number of benzene rings is 2. The van der Waals surface area contributed by atoms with E-state index in [0.717, 1.165) is 12.8 Å². The highest BCUT2D eigenvalue weighted by molar-refractivity contribution is 6.33. The molecule has 0 aliphatic carbocycles. The molecule has 0 saturated carbocycles. The van der Waals surface area contributed by atoms with Gasteiger partial charge in [0.25, 0.3) is 5.91 Å². The van der Waals surface area contributed by atoms with Crippen LogP contribution in [0.2, 0.25) is 5.02 Å². The number of piperidine rings is 1. The van der Waals surface area contributed by atoms with Gasteiger partial charge in [0.1, 0.15) is 17.5 Å². The topological polar surface area (TPSA) is 82.4 Å². The van der Waals surface area contributed by atoms with Gasteiger partial charge in [-0.15, -0.1) is 0 Å². The molecule has 0 radical (unpaired) electrons. The Labute approximate surface area is 203 Å². The summed E-state index contributed by atoms with van der Waals surface area (Å²) in [5.41, 5.74) is 0.888. The van der Waals surface area contributed by atoms with Crippen LogP contribution in [-0.2, 0) is 4.74 Å². The molecule has 6 nitrogen and oxygen atoms in total. The SMILES string of the molecule is CC(C)(C)OC(=O)N[C@@H]1C[C@H]2CC[C@@H](C1)N2C(=O)c1ccc(Cl)c(-c2ccc(C#N)c(F)c2)c1. The Kier molecular flexibility index (Phi) is 6.55. The van der Waals surface area contributed by atoms with Crippen molar-refractivity contribution < 1.29 is 18.7 Å². The van der Waals surface area contributed by atoms with Crippen molar-refractivity contribution in [3.8, 4) is 17.2 Å². The zero-order chi connectivity index (χ0) is 24.6. The highest BCUT2D eigenvalue weighted by Crippen LogP contribution is 2.38. The lowest BCUT2D eigenvalue weighted by molar-refractivity contribution is 0.0418. The Morgan fingerprint density at radius 2 is 1.82 bits per heavy atom. The van der Waals surface area contributed by atoms with E-state index in [-0.39, 0.29) is 29.6 Å². The second kappa shape index (κ2) is 9.27. The number of fused-ring (bicyclic) bond motifs is 2. The molecule has 2 heterocycles. The largest absolute Gasteiger partial charge is 0.444 e. The Morgan fingerprint density at radius 3 is 2.41 bits per heavy atom. The standard InChI is InChI=1S/C26H27ClFN3O3/c1-26(2,3)34-25(33)30-18-12-19-7-8-20(13-18)31(19)24(32)16-6-9-22(27)21(10-16)15-4-5-17(14-29)23(28)11-15/h4-6,9-11,18-20H,7-8,12-13H2,1-3H3,(H,30,33)/t18-,19-,20+. The molecule has 2 amide bonds. The summed E-state index contributed by atoms with van der Waals surface area (Å²) in [5, 5.41) is 12.3. The molecule has 2 bridgehead atoms. The van der Waals surface area contributed by atoms with Crippen LogP contribution in [0.4, 0.5) is 9.18 Å². The summed E-state index contributed by atoms with van der Waals surface area (Å²) in [6.07, 6.45) is 2.66. The van der Waals surface area contributed by atoms with Crippen LogP contribution < -0.4 is 5.32 Å². The van der Waals surface area contributed by atoms with Crippen LogP contribution >= 0.6 is 11.6 Å². The Morgan fingerprint density at radius 1 is 1.15 bits per heavy atom. The Balaban J connectivity index is 1.51. The molecule has 2 aromatic carbocycles. The second-order valence-corrected chi connectivity index (χ2v) is 10.3. The van der Waals surface area contributed by atoms with Gasteiger partial charge >= 0.3 is 6.09 Å². The van der Waals surface area contributed by atoms with Crippen molar-refractivity contribution in [3.05, 3.63) is 58.4 Å². The third kappa shape index (κ3) is 5.02. The van der Waals surface area contributed by atoms with Gasteiger partial charge < -0.3 is 15.0 Å². The minimum absolute atomic E-state index is 0.0256. The number of halogens is 2. The van der Waals surface area contributed by atoms with E-state index in [0.29, 0.717) is 34.6 Å². The van der Waals surface area contributed by atoms with Crippen molar-refractivity contribution in [1.82, 2.24) is 10.2 Å². The Hall–Kier alpha value is -3.11. The third-order valence-electron chi connectivity index (χ3n) is 6.30. The number of rotatable bonds is 3. The number of nitriles is 1. The summed E-state index contributed by atoms with van der Waals surface area (Å²) >= 11 is 6.37. The molecule has 4 rings (SSSR count). The monoisotopic (exact) mass is 483 g/mol. The third-order valence-corrected chi connectivity index (χ3v) is 6.63. The molecule has 0 spiro atoms. The van der Waals surface area contributed by atoms with E-state index in [1.165, 1.54) is 12.1 Å². The molecular weight excluding hydrogens is 457 g/mol.